The summed E-state index contributed by atoms with van der Waals surface area (Å²) < 4.78 is 44.0. The fourth-order valence-corrected chi connectivity index (χ4v) is 2.50. The molecule has 0 saturated heterocycles. The molecule has 5 nitrogen and oxygen atoms in total. The molecular weight excluding hydrogens is 283 g/mol. The molecule has 0 atom stereocenters. The molecule has 0 fully saturated rings. The van der Waals surface area contributed by atoms with E-state index in [1.165, 1.54) is 12.1 Å². The summed E-state index contributed by atoms with van der Waals surface area (Å²) in [6, 6.07) is 4.66. The number of hydrogen-bond acceptors (Lipinski definition) is 4. The van der Waals surface area contributed by atoms with Crippen molar-refractivity contribution in [3.05, 3.63) is 40.9 Å². The first-order chi connectivity index (χ1) is 8.38. The summed E-state index contributed by atoms with van der Waals surface area (Å²) in [5, 5.41) is 3.57. The van der Waals surface area contributed by atoms with Gasteiger partial charge in [0.05, 0.1) is 0 Å². The van der Waals surface area contributed by atoms with Crippen molar-refractivity contribution in [1.82, 2.24) is 5.16 Å². The highest BCUT2D eigenvalue weighted by Gasteiger charge is 2.20. The minimum absolute atomic E-state index is 0.0122. The quantitative estimate of drug-likeness (QED) is 0.943. The Morgan fingerprint density at radius 2 is 2.11 bits per heavy atom. The first kappa shape index (κ1) is 12.8. The normalized spacial score (nSPS) is 11.5. The van der Waals surface area contributed by atoms with E-state index >= 15 is 0 Å². The third kappa shape index (κ3) is 2.62. The van der Waals surface area contributed by atoms with Gasteiger partial charge < -0.3 is 4.52 Å². The Labute approximate surface area is 108 Å². The molecular formula is C10H8ClFN2O3S. The van der Waals surface area contributed by atoms with Gasteiger partial charge in [0.25, 0.3) is 10.0 Å². The number of anilines is 1. The predicted octanol–water partition coefficient (Wildman–Crippen LogP) is 2.58. The summed E-state index contributed by atoms with van der Waals surface area (Å²) in [4.78, 5) is -0.507. The Morgan fingerprint density at radius 1 is 1.39 bits per heavy atom. The molecule has 0 amide bonds. The zero-order chi connectivity index (χ0) is 13.3. The van der Waals surface area contributed by atoms with Gasteiger partial charge in [-0.25, -0.2) is 12.8 Å². The highest BCUT2D eigenvalue weighted by Crippen LogP contribution is 2.21. The van der Waals surface area contributed by atoms with Crippen LogP contribution in [0.15, 0.2) is 33.7 Å². The average molecular weight is 291 g/mol. The van der Waals surface area contributed by atoms with Crippen LogP contribution in [0.2, 0.25) is 5.02 Å². The van der Waals surface area contributed by atoms with E-state index in [0.717, 1.165) is 12.1 Å². The van der Waals surface area contributed by atoms with Gasteiger partial charge in [0, 0.05) is 11.1 Å². The summed E-state index contributed by atoms with van der Waals surface area (Å²) in [6.45, 7) is 1.60. The summed E-state index contributed by atoms with van der Waals surface area (Å²) in [6.07, 6.45) is 0. The van der Waals surface area contributed by atoms with Crippen LogP contribution in [0.5, 0.6) is 0 Å². The van der Waals surface area contributed by atoms with Crippen molar-refractivity contribution in [2.45, 2.75) is 11.8 Å². The molecule has 1 aromatic carbocycles. The second kappa shape index (κ2) is 4.58. The lowest BCUT2D eigenvalue weighted by Crippen LogP contribution is -2.14. The summed E-state index contributed by atoms with van der Waals surface area (Å²) in [7, 11) is -4.05. The van der Waals surface area contributed by atoms with Gasteiger partial charge in [0.1, 0.15) is 16.5 Å². The van der Waals surface area contributed by atoms with E-state index in [0.29, 0.717) is 5.76 Å². The number of benzene rings is 1. The summed E-state index contributed by atoms with van der Waals surface area (Å²) in [5.74, 6) is -0.513. The lowest BCUT2D eigenvalue weighted by Gasteiger charge is -2.05. The van der Waals surface area contributed by atoms with E-state index in [1.807, 2.05) is 0 Å². The molecule has 0 bridgehead atoms. The maximum Gasteiger partial charge on any atom is 0.266 e. The number of hydrogen-bond donors (Lipinski definition) is 1. The van der Waals surface area contributed by atoms with Gasteiger partial charge >= 0.3 is 0 Å². The maximum absolute atomic E-state index is 13.5. The van der Waals surface area contributed by atoms with E-state index in [4.69, 9.17) is 16.1 Å². The Bertz CT molecular complexity index is 684. The van der Waals surface area contributed by atoms with Crippen molar-refractivity contribution < 1.29 is 17.3 Å². The zero-order valence-electron chi connectivity index (χ0n) is 9.15. The smallest absolute Gasteiger partial charge is 0.266 e. The van der Waals surface area contributed by atoms with Crippen molar-refractivity contribution in [3.8, 4) is 0 Å². The highest BCUT2D eigenvalue weighted by molar-refractivity contribution is 7.92. The van der Waals surface area contributed by atoms with Gasteiger partial charge in [-0.15, -0.1) is 0 Å². The van der Waals surface area contributed by atoms with E-state index < -0.39 is 20.7 Å². The summed E-state index contributed by atoms with van der Waals surface area (Å²) in [5.41, 5.74) is 0. The van der Waals surface area contributed by atoms with Gasteiger partial charge in [0.15, 0.2) is 5.82 Å². The predicted molar refractivity (Wildman–Crippen MR) is 63.5 cm³/mol. The van der Waals surface area contributed by atoms with Gasteiger partial charge in [-0.3, -0.25) is 4.72 Å². The molecule has 1 heterocycles. The molecule has 1 aromatic heterocycles. The van der Waals surface area contributed by atoms with Crippen LogP contribution in [0.3, 0.4) is 0 Å². The van der Waals surface area contributed by atoms with E-state index in [2.05, 4.69) is 9.88 Å². The largest absolute Gasteiger partial charge is 0.360 e. The molecule has 0 saturated carbocycles. The Balaban J connectivity index is 2.36. The van der Waals surface area contributed by atoms with Crippen molar-refractivity contribution in [1.29, 1.82) is 0 Å². The van der Waals surface area contributed by atoms with Crippen LogP contribution < -0.4 is 4.72 Å². The van der Waals surface area contributed by atoms with Gasteiger partial charge in [-0.05, 0) is 25.1 Å². The lowest BCUT2D eigenvalue weighted by atomic mass is 10.3. The Kier molecular flexibility index (Phi) is 3.27. The van der Waals surface area contributed by atoms with Gasteiger partial charge in [-0.2, -0.15) is 0 Å². The molecule has 2 rings (SSSR count). The van der Waals surface area contributed by atoms with Gasteiger partial charge in [0.2, 0.25) is 0 Å². The molecule has 96 valence electrons. The van der Waals surface area contributed by atoms with Crippen LogP contribution in [-0.2, 0) is 10.0 Å². The third-order valence-electron chi connectivity index (χ3n) is 2.05. The first-order valence-corrected chi connectivity index (χ1v) is 6.66. The fourth-order valence-electron chi connectivity index (χ4n) is 1.30. The van der Waals surface area contributed by atoms with Crippen molar-refractivity contribution in [2.75, 3.05) is 4.72 Å². The molecule has 0 spiro atoms. The van der Waals surface area contributed by atoms with Crippen molar-refractivity contribution >= 4 is 27.4 Å². The molecule has 8 heteroatoms. The maximum atomic E-state index is 13.5. The lowest BCUT2D eigenvalue weighted by molar-refractivity contribution is 0.400. The summed E-state index contributed by atoms with van der Waals surface area (Å²) >= 11 is 5.55. The fraction of sp³-hybridized carbons (Fsp3) is 0.100. The molecule has 0 aliphatic rings. The molecule has 2 aromatic rings. The SMILES string of the molecule is Cc1cc(NS(=O)(=O)c2ccc(Cl)cc2F)no1. The standard InChI is InChI=1S/C10H8ClFN2O3S/c1-6-4-10(13-17-6)14-18(15,16)9-3-2-7(11)5-8(9)12/h2-5H,1H3,(H,13,14). The molecule has 0 aliphatic heterocycles. The number of aromatic nitrogens is 1. The first-order valence-electron chi connectivity index (χ1n) is 4.80. The van der Waals surface area contributed by atoms with Crippen LogP contribution in [0, 0.1) is 12.7 Å². The second-order valence-corrected chi connectivity index (χ2v) is 5.59. The topological polar surface area (TPSA) is 72.2 Å². The molecule has 1 N–H and O–H groups in total. The monoisotopic (exact) mass is 290 g/mol. The average Bonchev–Trinajstić information content (AvgIpc) is 2.62. The van der Waals surface area contributed by atoms with Gasteiger partial charge in [-0.1, -0.05) is 16.8 Å². The zero-order valence-corrected chi connectivity index (χ0v) is 10.7. The Morgan fingerprint density at radius 3 is 2.67 bits per heavy atom. The van der Waals surface area contributed by atoms with Crippen LogP contribution in [0.1, 0.15) is 5.76 Å². The molecule has 0 radical (unpaired) electrons. The van der Waals surface area contributed by atoms with Crippen LogP contribution >= 0.6 is 11.6 Å². The van der Waals surface area contributed by atoms with E-state index in [-0.39, 0.29) is 10.8 Å². The number of halogens is 2. The Hall–Kier alpha value is -1.60. The number of nitrogens with one attached hydrogen (secondary N) is 1. The second-order valence-electron chi connectivity index (χ2n) is 3.50. The van der Waals surface area contributed by atoms with Crippen molar-refractivity contribution in [3.63, 3.8) is 0 Å². The number of nitrogens with zero attached hydrogens (tertiary/aromatic N) is 1. The van der Waals surface area contributed by atoms with Crippen LogP contribution in [0.4, 0.5) is 10.2 Å². The van der Waals surface area contributed by atoms with Crippen LogP contribution in [0.25, 0.3) is 0 Å². The number of sulfonamides is 1. The van der Waals surface area contributed by atoms with E-state index in [1.54, 1.807) is 6.92 Å². The minimum Gasteiger partial charge on any atom is -0.360 e. The molecule has 0 aliphatic carbocycles. The molecule has 18 heavy (non-hydrogen) atoms. The van der Waals surface area contributed by atoms with Crippen LogP contribution in [-0.4, -0.2) is 13.6 Å². The van der Waals surface area contributed by atoms with Crippen molar-refractivity contribution in [2.24, 2.45) is 0 Å². The third-order valence-corrected chi connectivity index (χ3v) is 3.67. The number of aryl methyl sites for hydroxylation is 1. The minimum atomic E-state index is -4.05. The molecule has 0 unspecified atom stereocenters. The highest BCUT2D eigenvalue weighted by atomic mass is 35.5. The number of rotatable bonds is 3. The van der Waals surface area contributed by atoms with E-state index in [9.17, 15) is 12.8 Å².